The first-order valence-electron chi connectivity index (χ1n) is 5.03. The lowest BCUT2D eigenvalue weighted by Crippen LogP contribution is -2.28. The highest BCUT2D eigenvalue weighted by Crippen LogP contribution is 2.20. The predicted molar refractivity (Wildman–Crippen MR) is 65.2 cm³/mol. The summed E-state index contributed by atoms with van der Waals surface area (Å²) in [6.45, 7) is 4.27. The van der Waals surface area contributed by atoms with Crippen molar-refractivity contribution in [3.8, 4) is 0 Å². The molecule has 0 aliphatic carbocycles. The lowest BCUT2D eigenvalue weighted by molar-refractivity contribution is 0.0954. The van der Waals surface area contributed by atoms with Crippen LogP contribution < -0.4 is 10.7 Å². The average molecular weight is 236 g/mol. The maximum Gasteiger partial charge on any atom is 0.256 e. The molecular formula is C11H12N2O2S. The van der Waals surface area contributed by atoms with Crippen LogP contribution in [0.15, 0.2) is 17.1 Å². The van der Waals surface area contributed by atoms with Crippen molar-refractivity contribution in [3.05, 3.63) is 32.9 Å². The molecule has 2 aromatic rings. The summed E-state index contributed by atoms with van der Waals surface area (Å²) in [5, 5.41) is 2.62. The Hall–Kier alpha value is -1.62. The topological polar surface area (TPSA) is 62.0 Å². The lowest BCUT2D eigenvalue weighted by atomic mass is 10.2. The van der Waals surface area contributed by atoms with Crippen LogP contribution in [0.5, 0.6) is 0 Å². The minimum Gasteiger partial charge on any atom is -0.359 e. The van der Waals surface area contributed by atoms with E-state index in [4.69, 9.17) is 0 Å². The molecule has 16 heavy (non-hydrogen) atoms. The molecular weight excluding hydrogens is 224 g/mol. The van der Waals surface area contributed by atoms with Crippen LogP contribution in [-0.4, -0.2) is 17.4 Å². The molecule has 0 saturated heterocycles. The maximum atomic E-state index is 12.0. The molecule has 2 aromatic heterocycles. The Kier molecular flexibility index (Phi) is 2.78. The van der Waals surface area contributed by atoms with Crippen LogP contribution in [0, 0.1) is 6.92 Å². The highest BCUT2D eigenvalue weighted by Gasteiger charge is 2.13. The number of aryl methyl sites for hydroxylation is 1. The second-order valence-electron chi connectivity index (χ2n) is 3.49. The van der Waals surface area contributed by atoms with Gasteiger partial charge < -0.3 is 10.3 Å². The smallest absolute Gasteiger partial charge is 0.256 e. The fraction of sp³-hybridized carbons (Fsp3) is 0.273. The summed E-state index contributed by atoms with van der Waals surface area (Å²) in [6.07, 6.45) is 1.47. The van der Waals surface area contributed by atoms with Crippen molar-refractivity contribution in [2.45, 2.75) is 13.8 Å². The van der Waals surface area contributed by atoms with Crippen molar-refractivity contribution >= 4 is 27.5 Å². The van der Waals surface area contributed by atoms with Crippen LogP contribution in [0.2, 0.25) is 0 Å². The van der Waals surface area contributed by atoms with E-state index in [1.165, 1.54) is 17.5 Å². The average Bonchev–Trinajstić information content (AvgIpc) is 2.60. The lowest BCUT2D eigenvalue weighted by Gasteiger charge is -2.00. The van der Waals surface area contributed by atoms with E-state index in [1.807, 2.05) is 19.9 Å². The molecule has 0 spiro atoms. The van der Waals surface area contributed by atoms with Gasteiger partial charge in [0.25, 0.3) is 5.91 Å². The Morgan fingerprint density at radius 3 is 3.00 bits per heavy atom. The first kappa shape index (κ1) is 10.9. The van der Waals surface area contributed by atoms with E-state index < -0.39 is 0 Å². The minimum absolute atomic E-state index is 0.177. The normalized spacial score (nSPS) is 10.6. The van der Waals surface area contributed by atoms with Gasteiger partial charge in [0.1, 0.15) is 5.56 Å². The molecule has 0 atom stereocenters. The molecule has 2 N–H and O–H groups in total. The number of nitrogens with one attached hydrogen (secondary N) is 2. The van der Waals surface area contributed by atoms with Gasteiger partial charge >= 0.3 is 0 Å². The largest absolute Gasteiger partial charge is 0.359 e. The van der Waals surface area contributed by atoms with E-state index in [9.17, 15) is 9.59 Å². The summed E-state index contributed by atoms with van der Waals surface area (Å²) >= 11 is 1.40. The number of carbonyl (C=O) groups is 1. The highest BCUT2D eigenvalue weighted by atomic mass is 32.1. The summed E-state index contributed by atoms with van der Waals surface area (Å²) in [7, 11) is 0. The summed E-state index contributed by atoms with van der Waals surface area (Å²) in [4.78, 5) is 27.6. The monoisotopic (exact) mass is 236 g/mol. The number of pyridine rings is 1. The molecule has 2 heterocycles. The number of thiophene rings is 1. The fourth-order valence-corrected chi connectivity index (χ4v) is 2.48. The third-order valence-corrected chi connectivity index (χ3v) is 3.31. The van der Waals surface area contributed by atoms with E-state index >= 15 is 0 Å². The van der Waals surface area contributed by atoms with Gasteiger partial charge in [-0.15, -0.1) is 11.3 Å². The van der Waals surface area contributed by atoms with Crippen molar-refractivity contribution in [1.82, 2.24) is 10.3 Å². The van der Waals surface area contributed by atoms with E-state index in [2.05, 4.69) is 10.3 Å². The van der Waals surface area contributed by atoms with Crippen molar-refractivity contribution in [3.63, 3.8) is 0 Å². The van der Waals surface area contributed by atoms with Gasteiger partial charge in [-0.2, -0.15) is 0 Å². The molecule has 0 radical (unpaired) electrons. The molecule has 84 valence electrons. The van der Waals surface area contributed by atoms with E-state index in [0.717, 1.165) is 10.4 Å². The standard InChI is InChI=1S/C11H12N2O2S/c1-3-12-11(15)7-5-13-8-4-6(2)16-10(8)9(7)14/h4-5H,3H2,1-2H3,(H,12,15)(H,13,14). The molecule has 0 aliphatic rings. The van der Waals surface area contributed by atoms with Crippen LogP contribution in [0.4, 0.5) is 0 Å². The third-order valence-electron chi connectivity index (χ3n) is 2.26. The van der Waals surface area contributed by atoms with E-state index in [-0.39, 0.29) is 16.9 Å². The minimum atomic E-state index is -0.322. The Bertz CT molecular complexity index is 598. The van der Waals surface area contributed by atoms with Crippen molar-refractivity contribution < 1.29 is 4.79 Å². The van der Waals surface area contributed by atoms with Gasteiger partial charge in [0, 0.05) is 17.6 Å². The number of hydrogen-bond acceptors (Lipinski definition) is 3. The SMILES string of the molecule is CCNC(=O)c1c[nH]c2cc(C)sc2c1=O. The molecule has 5 heteroatoms. The van der Waals surface area contributed by atoms with Gasteiger partial charge in [-0.1, -0.05) is 0 Å². The van der Waals surface area contributed by atoms with Crippen LogP contribution in [-0.2, 0) is 0 Å². The number of rotatable bonds is 2. The Morgan fingerprint density at radius 2 is 2.31 bits per heavy atom. The molecule has 0 saturated carbocycles. The molecule has 0 unspecified atom stereocenters. The maximum absolute atomic E-state index is 12.0. The van der Waals surface area contributed by atoms with Crippen LogP contribution in [0.1, 0.15) is 22.2 Å². The first-order chi connectivity index (χ1) is 7.63. The summed E-state index contributed by atoms with van der Waals surface area (Å²) < 4.78 is 0.612. The van der Waals surface area contributed by atoms with E-state index in [0.29, 0.717) is 11.2 Å². The van der Waals surface area contributed by atoms with Crippen molar-refractivity contribution in [2.24, 2.45) is 0 Å². The van der Waals surface area contributed by atoms with Crippen LogP contribution in [0.3, 0.4) is 0 Å². The summed E-state index contributed by atoms with van der Waals surface area (Å²) in [6, 6.07) is 1.91. The highest BCUT2D eigenvalue weighted by molar-refractivity contribution is 7.18. The molecule has 1 amide bonds. The zero-order chi connectivity index (χ0) is 11.7. The summed E-state index contributed by atoms with van der Waals surface area (Å²) in [5.74, 6) is -0.322. The third kappa shape index (κ3) is 1.74. The molecule has 4 nitrogen and oxygen atoms in total. The van der Waals surface area contributed by atoms with Crippen LogP contribution >= 0.6 is 11.3 Å². The zero-order valence-corrected chi connectivity index (χ0v) is 9.90. The number of H-pyrrole nitrogens is 1. The van der Waals surface area contributed by atoms with Crippen molar-refractivity contribution in [2.75, 3.05) is 6.54 Å². The number of hydrogen-bond donors (Lipinski definition) is 2. The zero-order valence-electron chi connectivity index (χ0n) is 9.09. The Balaban J connectivity index is 2.60. The summed E-state index contributed by atoms with van der Waals surface area (Å²) in [5.41, 5.74) is 0.773. The van der Waals surface area contributed by atoms with E-state index in [1.54, 1.807) is 0 Å². The Labute approximate surface area is 96.3 Å². The number of carbonyl (C=O) groups excluding carboxylic acids is 1. The Morgan fingerprint density at radius 1 is 1.56 bits per heavy atom. The first-order valence-corrected chi connectivity index (χ1v) is 5.85. The number of amides is 1. The number of fused-ring (bicyclic) bond motifs is 1. The number of aromatic nitrogens is 1. The van der Waals surface area contributed by atoms with Gasteiger partial charge in [-0.05, 0) is 19.9 Å². The molecule has 0 fully saturated rings. The second kappa shape index (κ2) is 4.09. The molecule has 0 aliphatic heterocycles. The van der Waals surface area contributed by atoms with Gasteiger partial charge in [-0.25, -0.2) is 0 Å². The van der Waals surface area contributed by atoms with Gasteiger partial charge in [-0.3, -0.25) is 9.59 Å². The number of aromatic amines is 1. The van der Waals surface area contributed by atoms with Crippen LogP contribution in [0.25, 0.3) is 10.2 Å². The van der Waals surface area contributed by atoms with Crippen molar-refractivity contribution in [1.29, 1.82) is 0 Å². The quantitative estimate of drug-likeness (QED) is 0.832. The van der Waals surface area contributed by atoms with Gasteiger partial charge in [0.15, 0.2) is 0 Å². The van der Waals surface area contributed by atoms with Gasteiger partial charge in [0.2, 0.25) is 5.43 Å². The van der Waals surface area contributed by atoms with Gasteiger partial charge in [0.05, 0.1) is 10.2 Å². The molecule has 2 rings (SSSR count). The molecule has 0 aromatic carbocycles. The second-order valence-corrected chi connectivity index (χ2v) is 4.75. The fourth-order valence-electron chi connectivity index (χ4n) is 1.55. The predicted octanol–water partition coefficient (Wildman–Crippen LogP) is 1.65. The molecule has 0 bridgehead atoms.